The molecule has 0 fully saturated rings. The second-order valence-corrected chi connectivity index (χ2v) is 12.7. The molecule has 0 N–H and O–H groups in total. The minimum absolute atomic E-state index is 0.0806. The number of benzene rings is 1. The van der Waals surface area contributed by atoms with Crippen molar-refractivity contribution in [1.29, 1.82) is 0 Å². The van der Waals surface area contributed by atoms with Crippen molar-refractivity contribution < 1.29 is 14.3 Å². The summed E-state index contributed by atoms with van der Waals surface area (Å²) in [4.78, 5) is 42.5. The van der Waals surface area contributed by atoms with Crippen LogP contribution in [-0.4, -0.2) is 38.4 Å². The number of ketones is 1. The molecule has 1 atom stereocenters. The summed E-state index contributed by atoms with van der Waals surface area (Å²) in [5.41, 5.74) is -0.888. The highest BCUT2D eigenvalue weighted by Gasteiger charge is 2.36. The maximum atomic E-state index is 14.4. The highest BCUT2D eigenvalue weighted by Crippen LogP contribution is 2.34. The molecular weight excluding hydrogens is 540 g/mol. The number of Topliss-reactive ketones (excluding diaryl/α,β-unsaturated/α-hetero) is 1. The second kappa shape index (κ2) is 12.2. The average molecular weight is 581 g/mol. The third-order valence-corrected chi connectivity index (χ3v) is 8.50. The zero-order valence-electron chi connectivity index (χ0n) is 25.1. The van der Waals surface area contributed by atoms with Crippen molar-refractivity contribution in [3.8, 4) is 10.8 Å². The van der Waals surface area contributed by atoms with Gasteiger partial charge in [-0.25, -0.2) is 14.0 Å². The molecule has 3 heterocycles. The smallest absolute Gasteiger partial charge is 0.333 e. The number of hydrogen-bond donors (Lipinski definition) is 0. The highest BCUT2D eigenvalue weighted by atomic mass is 32.1. The number of fused-ring (bicyclic) bond motifs is 1. The standard InChI is InChI=1S/C31H40N4O5S/c1-19(2)16-25(36)31(6,7)35-27(37)26-21(5)28(34-15-11-14-32-34)41-29(26)33(30(35)38)17-24(40-18-20(3)4)22-12-9-10-13-23(22)39-8/h9-15,19-20,24H,16-18H2,1-8H3/t24-/m0/s1. The molecule has 3 aromatic heterocycles. The van der Waals surface area contributed by atoms with Crippen LogP contribution < -0.4 is 16.0 Å². The number of methoxy groups -OCH3 is 1. The number of para-hydroxylation sites is 1. The maximum Gasteiger partial charge on any atom is 0.333 e. The van der Waals surface area contributed by atoms with E-state index in [1.54, 1.807) is 48.7 Å². The van der Waals surface area contributed by atoms with Crippen LogP contribution in [0.2, 0.25) is 0 Å². The summed E-state index contributed by atoms with van der Waals surface area (Å²) in [5, 5.41) is 5.50. The SMILES string of the molecule is COc1ccccc1[C@H](Cn1c(=O)n(C(C)(C)C(=O)CC(C)C)c(=O)c2c(C)c(-n3cccn3)sc21)OCC(C)C. The predicted octanol–water partition coefficient (Wildman–Crippen LogP) is 5.49. The Kier molecular flexibility index (Phi) is 9.03. The minimum atomic E-state index is -1.35. The molecule has 10 heteroatoms. The second-order valence-electron chi connectivity index (χ2n) is 11.7. The van der Waals surface area contributed by atoms with Crippen LogP contribution in [0.5, 0.6) is 5.75 Å². The van der Waals surface area contributed by atoms with Crippen LogP contribution in [0.3, 0.4) is 0 Å². The molecule has 0 aliphatic heterocycles. The number of nitrogens with zero attached hydrogens (tertiary/aromatic N) is 4. The van der Waals surface area contributed by atoms with Crippen molar-refractivity contribution in [2.24, 2.45) is 11.8 Å². The molecule has 4 rings (SSSR count). The number of carbonyl (C=O) groups is 1. The number of thiophene rings is 1. The van der Waals surface area contributed by atoms with Gasteiger partial charge in [0.05, 0.1) is 19.0 Å². The minimum Gasteiger partial charge on any atom is -0.496 e. The normalized spacial score (nSPS) is 12.9. The van der Waals surface area contributed by atoms with Gasteiger partial charge in [0.1, 0.15) is 27.2 Å². The summed E-state index contributed by atoms with van der Waals surface area (Å²) in [6.45, 7) is 13.8. The van der Waals surface area contributed by atoms with E-state index in [1.165, 1.54) is 11.3 Å². The lowest BCUT2D eigenvalue weighted by atomic mass is 9.91. The van der Waals surface area contributed by atoms with Crippen LogP contribution >= 0.6 is 11.3 Å². The van der Waals surface area contributed by atoms with Gasteiger partial charge in [-0.15, -0.1) is 0 Å². The van der Waals surface area contributed by atoms with Crippen LogP contribution in [0.25, 0.3) is 15.2 Å². The topological polar surface area (TPSA) is 97.3 Å². The van der Waals surface area contributed by atoms with Crippen LogP contribution in [0.15, 0.2) is 52.3 Å². The number of ether oxygens (including phenoxy) is 2. The lowest BCUT2D eigenvalue weighted by Gasteiger charge is -2.28. The van der Waals surface area contributed by atoms with Crippen molar-refractivity contribution >= 4 is 27.3 Å². The lowest BCUT2D eigenvalue weighted by Crippen LogP contribution is -2.53. The zero-order valence-corrected chi connectivity index (χ0v) is 25.9. The quantitative estimate of drug-likeness (QED) is 0.220. The van der Waals surface area contributed by atoms with Gasteiger partial charge in [0.25, 0.3) is 5.56 Å². The number of carbonyl (C=O) groups excluding carboxylic acids is 1. The van der Waals surface area contributed by atoms with Crippen molar-refractivity contribution in [3.05, 3.63) is 74.7 Å². The molecular formula is C31H40N4O5S. The molecule has 0 radical (unpaired) electrons. The molecule has 0 saturated heterocycles. The van der Waals surface area contributed by atoms with Gasteiger partial charge in [0.15, 0.2) is 5.78 Å². The molecule has 0 saturated carbocycles. The number of aryl methyl sites for hydroxylation is 1. The first-order valence-electron chi connectivity index (χ1n) is 14.0. The molecule has 0 bridgehead atoms. The molecule has 1 aromatic carbocycles. The maximum absolute atomic E-state index is 14.4. The first-order chi connectivity index (χ1) is 19.4. The van der Waals surface area contributed by atoms with E-state index in [0.29, 0.717) is 28.1 Å². The van der Waals surface area contributed by atoms with Gasteiger partial charge in [-0.3, -0.25) is 14.2 Å². The third kappa shape index (κ3) is 5.94. The largest absolute Gasteiger partial charge is 0.496 e. The van der Waals surface area contributed by atoms with Gasteiger partial charge >= 0.3 is 5.69 Å². The summed E-state index contributed by atoms with van der Waals surface area (Å²) < 4.78 is 16.5. The average Bonchev–Trinajstić information content (AvgIpc) is 3.56. The Morgan fingerprint density at radius 2 is 1.78 bits per heavy atom. The van der Waals surface area contributed by atoms with Crippen LogP contribution in [0, 0.1) is 18.8 Å². The summed E-state index contributed by atoms with van der Waals surface area (Å²) >= 11 is 1.32. The Balaban J connectivity index is 2.02. The van der Waals surface area contributed by atoms with Gasteiger partial charge in [-0.05, 0) is 44.7 Å². The first-order valence-corrected chi connectivity index (χ1v) is 14.8. The van der Waals surface area contributed by atoms with E-state index < -0.39 is 22.9 Å². The van der Waals surface area contributed by atoms with Gasteiger partial charge < -0.3 is 9.47 Å². The van der Waals surface area contributed by atoms with Crippen molar-refractivity contribution in [3.63, 3.8) is 0 Å². The fourth-order valence-corrected chi connectivity index (χ4v) is 6.23. The molecule has 0 spiro atoms. The highest BCUT2D eigenvalue weighted by molar-refractivity contribution is 7.21. The van der Waals surface area contributed by atoms with Crippen LogP contribution in [-0.2, 0) is 21.6 Å². The number of rotatable bonds is 12. The summed E-state index contributed by atoms with van der Waals surface area (Å²) in [6, 6.07) is 9.38. The van der Waals surface area contributed by atoms with Crippen LogP contribution in [0.1, 0.15) is 65.2 Å². The number of hydrogen-bond acceptors (Lipinski definition) is 7. The Bertz CT molecular complexity index is 1640. The van der Waals surface area contributed by atoms with Gasteiger partial charge in [0, 0.05) is 36.5 Å². The van der Waals surface area contributed by atoms with E-state index in [9.17, 15) is 14.4 Å². The number of aromatic nitrogens is 4. The van der Waals surface area contributed by atoms with Gasteiger partial charge in [-0.2, -0.15) is 5.10 Å². The van der Waals surface area contributed by atoms with E-state index in [0.717, 1.165) is 15.1 Å². The van der Waals surface area contributed by atoms with Crippen molar-refractivity contribution in [1.82, 2.24) is 18.9 Å². The lowest BCUT2D eigenvalue weighted by molar-refractivity contribution is -0.127. The molecule has 0 aliphatic carbocycles. The molecule has 41 heavy (non-hydrogen) atoms. The Hall–Kier alpha value is -3.50. The summed E-state index contributed by atoms with van der Waals surface area (Å²) in [7, 11) is 1.60. The van der Waals surface area contributed by atoms with Crippen LogP contribution in [0.4, 0.5) is 0 Å². The summed E-state index contributed by atoms with van der Waals surface area (Å²) in [5.74, 6) is 0.805. The van der Waals surface area contributed by atoms with E-state index in [-0.39, 0.29) is 30.6 Å². The van der Waals surface area contributed by atoms with E-state index in [4.69, 9.17) is 9.47 Å². The monoisotopic (exact) mass is 580 g/mol. The third-order valence-electron chi connectivity index (χ3n) is 7.20. The summed E-state index contributed by atoms with van der Waals surface area (Å²) in [6.07, 6.45) is 3.17. The van der Waals surface area contributed by atoms with E-state index >= 15 is 0 Å². The Morgan fingerprint density at radius 3 is 2.39 bits per heavy atom. The molecule has 0 amide bonds. The predicted molar refractivity (Wildman–Crippen MR) is 163 cm³/mol. The van der Waals surface area contributed by atoms with Gasteiger partial charge in [0.2, 0.25) is 0 Å². The molecule has 0 unspecified atom stereocenters. The molecule has 9 nitrogen and oxygen atoms in total. The van der Waals surface area contributed by atoms with Crippen molar-refractivity contribution in [2.75, 3.05) is 13.7 Å². The molecule has 4 aromatic rings. The fraction of sp³-hybridized carbons (Fsp3) is 0.484. The molecule has 0 aliphatic rings. The fourth-order valence-electron chi connectivity index (χ4n) is 4.99. The Labute approximate surface area is 244 Å². The van der Waals surface area contributed by atoms with Crippen molar-refractivity contribution in [2.45, 2.75) is 73.1 Å². The van der Waals surface area contributed by atoms with Gasteiger partial charge in [-0.1, -0.05) is 57.2 Å². The zero-order chi connectivity index (χ0) is 30.1. The first kappa shape index (κ1) is 30.5. The Morgan fingerprint density at radius 1 is 1.07 bits per heavy atom. The molecule has 220 valence electrons. The van der Waals surface area contributed by atoms with E-state index in [2.05, 4.69) is 18.9 Å². The van der Waals surface area contributed by atoms with E-state index in [1.807, 2.05) is 45.0 Å².